The third-order valence-electron chi connectivity index (χ3n) is 1.84. The second-order valence-electron chi connectivity index (χ2n) is 2.81. The fraction of sp³-hybridized carbons (Fsp3) is 0. The number of hydrogen-bond acceptors (Lipinski definition) is 2. The second-order valence-corrected chi connectivity index (χ2v) is 2.81. The standard InChI is InChI=1S/C10H6FN3/c11-9-2-7(4-12)1-8(3-9)10-5-13-6-14-10/h1-3,5-6H,(H,13,14). The van der Waals surface area contributed by atoms with E-state index in [9.17, 15) is 4.39 Å². The molecule has 0 aliphatic heterocycles. The normalized spacial score (nSPS) is 9.71. The van der Waals surface area contributed by atoms with Gasteiger partial charge in [0.05, 0.1) is 29.9 Å². The van der Waals surface area contributed by atoms with Crippen LogP contribution in [0.5, 0.6) is 0 Å². The number of halogens is 1. The number of aromatic amines is 1. The molecule has 0 atom stereocenters. The molecule has 0 aliphatic rings. The predicted molar refractivity (Wildman–Crippen MR) is 48.7 cm³/mol. The Hall–Kier alpha value is -2.15. The van der Waals surface area contributed by atoms with Crippen LogP contribution in [0.4, 0.5) is 4.39 Å². The lowest BCUT2D eigenvalue weighted by molar-refractivity contribution is 0.628. The number of hydrogen-bond donors (Lipinski definition) is 1. The summed E-state index contributed by atoms with van der Waals surface area (Å²) in [6.45, 7) is 0. The number of benzene rings is 1. The third kappa shape index (κ3) is 1.48. The molecule has 0 unspecified atom stereocenters. The van der Waals surface area contributed by atoms with Gasteiger partial charge in [-0.05, 0) is 18.2 Å². The van der Waals surface area contributed by atoms with Crippen molar-refractivity contribution < 1.29 is 4.39 Å². The molecule has 0 radical (unpaired) electrons. The maximum absolute atomic E-state index is 13.0. The van der Waals surface area contributed by atoms with Crippen LogP contribution < -0.4 is 0 Å². The van der Waals surface area contributed by atoms with Crippen LogP contribution in [0, 0.1) is 17.1 Å². The Morgan fingerprint density at radius 3 is 2.86 bits per heavy atom. The summed E-state index contributed by atoms with van der Waals surface area (Å²) in [5.74, 6) is -0.423. The minimum atomic E-state index is -0.423. The van der Waals surface area contributed by atoms with E-state index in [1.807, 2.05) is 6.07 Å². The van der Waals surface area contributed by atoms with Crippen LogP contribution in [0.1, 0.15) is 5.56 Å². The van der Waals surface area contributed by atoms with Crippen molar-refractivity contribution in [2.75, 3.05) is 0 Å². The molecule has 1 N–H and O–H groups in total. The molecule has 0 fully saturated rings. The zero-order valence-electron chi connectivity index (χ0n) is 7.16. The van der Waals surface area contributed by atoms with Gasteiger partial charge in [0.1, 0.15) is 5.82 Å². The average molecular weight is 187 g/mol. The predicted octanol–water partition coefficient (Wildman–Crippen LogP) is 2.09. The topological polar surface area (TPSA) is 52.5 Å². The summed E-state index contributed by atoms with van der Waals surface area (Å²) in [6, 6.07) is 6.05. The van der Waals surface area contributed by atoms with E-state index in [0.29, 0.717) is 16.8 Å². The van der Waals surface area contributed by atoms with Gasteiger partial charge in [-0.25, -0.2) is 9.37 Å². The van der Waals surface area contributed by atoms with E-state index >= 15 is 0 Å². The molecule has 4 heteroatoms. The highest BCUT2D eigenvalue weighted by Gasteiger charge is 2.03. The van der Waals surface area contributed by atoms with E-state index in [2.05, 4.69) is 9.97 Å². The molecule has 2 rings (SSSR count). The first-order valence-corrected chi connectivity index (χ1v) is 3.99. The number of aromatic nitrogens is 2. The van der Waals surface area contributed by atoms with Crippen molar-refractivity contribution in [3.8, 4) is 17.3 Å². The molecule has 1 heterocycles. The molecular weight excluding hydrogens is 181 g/mol. The van der Waals surface area contributed by atoms with Crippen molar-refractivity contribution in [3.63, 3.8) is 0 Å². The van der Waals surface area contributed by atoms with Crippen LogP contribution in [-0.2, 0) is 0 Å². The summed E-state index contributed by atoms with van der Waals surface area (Å²) in [5.41, 5.74) is 1.62. The first kappa shape index (κ1) is 8.45. The van der Waals surface area contributed by atoms with E-state index in [-0.39, 0.29) is 0 Å². The highest BCUT2D eigenvalue weighted by atomic mass is 19.1. The van der Waals surface area contributed by atoms with E-state index in [1.165, 1.54) is 18.5 Å². The van der Waals surface area contributed by atoms with Gasteiger partial charge < -0.3 is 4.98 Å². The average Bonchev–Trinajstić information content (AvgIpc) is 2.69. The first-order valence-electron chi connectivity index (χ1n) is 3.99. The molecule has 0 aliphatic carbocycles. The quantitative estimate of drug-likeness (QED) is 0.743. The minimum Gasteiger partial charge on any atom is -0.345 e. The lowest BCUT2D eigenvalue weighted by Gasteiger charge is -1.98. The van der Waals surface area contributed by atoms with E-state index < -0.39 is 5.82 Å². The lowest BCUT2D eigenvalue weighted by atomic mass is 10.1. The van der Waals surface area contributed by atoms with Gasteiger partial charge in [0.15, 0.2) is 0 Å². The van der Waals surface area contributed by atoms with E-state index in [1.54, 1.807) is 12.3 Å². The Morgan fingerprint density at radius 2 is 2.21 bits per heavy atom. The number of nitrogens with zero attached hydrogens (tertiary/aromatic N) is 2. The molecular formula is C10H6FN3. The Kier molecular flexibility index (Phi) is 1.99. The maximum Gasteiger partial charge on any atom is 0.125 e. The van der Waals surface area contributed by atoms with Gasteiger partial charge in [-0.15, -0.1) is 0 Å². The van der Waals surface area contributed by atoms with Crippen LogP contribution in [0.3, 0.4) is 0 Å². The smallest absolute Gasteiger partial charge is 0.125 e. The monoisotopic (exact) mass is 187 g/mol. The number of nitrogens with one attached hydrogen (secondary N) is 1. The number of imidazole rings is 1. The summed E-state index contributed by atoms with van der Waals surface area (Å²) in [6.07, 6.45) is 3.09. The fourth-order valence-corrected chi connectivity index (χ4v) is 1.22. The molecule has 2 aromatic rings. The number of H-pyrrole nitrogens is 1. The molecule has 0 amide bonds. The van der Waals surface area contributed by atoms with Gasteiger partial charge in [-0.2, -0.15) is 5.26 Å². The molecule has 68 valence electrons. The molecule has 0 bridgehead atoms. The van der Waals surface area contributed by atoms with Crippen molar-refractivity contribution in [2.24, 2.45) is 0 Å². The molecule has 1 aromatic heterocycles. The summed E-state index contributed by atoms with van der Waals surface area (Å²) in [7, 11) is 0. The van der Waals surface area contributed by atoms with E-state index in [4.69, 9.17) is 5.26 Å². The molecule has 0 spiro atoms. The minimum absolute atomic E-state index is 0.301. The molecule has 1 aromatic carbocycles. The summed E-state index contributed by atoms with van der Waals surface area (Å²) in [4.78, 5) is 6.67. The Bertz CT molecular complexity index is 483. The van der Waals surface area contributed by atoms with Gasteiger partial charge in [-0.1, -0.05) is 0 Å². The van der Waals surface area contributed by atoms with Crippen molar-refractivity contribution in [1.29, 1.82) is 5.26 Å². The molecule has 3 nitrogen and oxygen atoms in total. The first-order chi connectivity index (χ1) is 6.79. The molecule has 0 saturated carbocycles. The van der Waals surface area contributed by atoms with Crippen LogP contribution >= 0.6 is 0 Å². The van der Waals surface area contributed by atoms with Crippen LogP contribution in [0.2, 0.25) is 0 Å². The van der Waals surface area contributed by atoms with Crippen molar-refractivity contribution in [3.05, 3.63) is 42.1 Å². The largest absolute Gasteiger partial charge is 0.345 e. The van der Waals surface area contributed by atoms with Gasteiger partial charge in [0.2, 0.25) is 0 Å². The highest BCUT2D eigenvalue weighted by molar-refractivity contribution is 5.60. The third-order valence-corrected chi connectivity index (χ3v) is 1.84. The van der Waals surface area contributed by atoms with Crippen molar-refractivity contribution >= 4 is 0 Å². The van der Waals surface area contributed by atoms with Crippen LogP contribution in [0.25, 0.3) is 11.3 Å². The summed E-state index contributed by atoms with van der Waals surface area (Å²) in [5, 5.41) is 8.64. The highest BCUT2D eigenvalue weighted by Crippen LogP contribution is 2.18. The Labute approximate surface area is 79.8 Å². The molecule has 14 heavy (non-hydrogen) atoms. The van der Waals surface area contributed by atoms with Gasteiger partial charge in [0, 0.05) is 5.56 Å². The van der Waals surface area contributed by atoms with E-state index in [0.717, 1.165) is 0 Å². The summed E-state index contributed by atoms with van der Waals surface area (Å²) < 4.78 is 13.0. The zero-order chi connectivity index (χ0) is 9.97. The number of nitriles is 1. The molecule has 0 saturated heterocycles. The van der Waals surface area contributed by atoms with Gasteiger partial charge in [0.25, 0.3) is 0 Å². The fourth-order valence-electron chi connectivity index (χ4n) is 1.22. The maximum atomic E-state index is 13.0. The second kappa shape index (κ2) is 3.30. The zero-order valence-corrected chi connectivity index (χ0v) is 7.16. The van der Waals surface area contributed by atoms with Crippen molar-refractivity contribution in [2.45, 2.75) is 0 Å². The van der Waals surface area contributed by atoms with Crippen molar-refractivity contribution in [1.82, 2.24) is 9.97 Å². The van der Waals surface area contributed by atoms with Gasteiger partial charge >= 0.3 is 0 Å². The summed E-state index contributed by atoms with van der Waals surface area (Å²) >= 11 is 0. The Balaban J connectivity index is 2.55. The SMILES string of the molecule is N#Cc1cc(F)cc(-c2cnc[nH]2)c1. The van der Waals surface area contributed by atoms with Crippen LogP contribution in [0.15, 0.2) is 30.7 Å². The van der Waals surface area contributed by atoms with Crippen LogP contribution in [-0.4, -0.2) is 9.97 Å². The van der Waals surface area contributed by atoms with Gasteiger partial charge in [-0.3, -0.25) is 0 Å². The lowest BCUT2D eigenvalue weighted by Crippen LogP contribution is -1.83. The Morgan fingerprint density at radius 1 is 1.36 bits per heavy atom. The number of rotatable bonds is 1.